The van der Waals surface area contributed by atoms with Crippen molar-refractivity contribution in [2.24, 2.45) is 0 Å². The Kier molecular flexibility index (Phi) is 4.70. The van der Waals surface area contributed by atoms with Gasteiger partial charge in [0.05, 0.1) is 22.8 Å². The number of anilines is 1. The second-order valence-corrected chi connectivity index (χ2v) is 6.52. The molecule has 0 aliphatic rings. The molecular weight excluding hydrogens is 310 g/mol. The minimum Gasteiger partial charge on any atom is -0.319 e. The highest BCUT2D eigenvalue weighted by atomic mass is 16.1. The number of aromatic nitrogens is 2. The summed E-state index contributed by atoms with van der Waals surface area (Å²) in [4.78, 5) is 12.6. The Balaban J connectivity index is 1.85. The predicted molar refractivity (Wildman–Crippen MR) is 102 cm³/mol. The molecule has 0 aliphatic carbocycles. The van der Waals surface area contributed by atoms with E-state index in [0.29, 0.717) is 11.5 Å². The summed E-state index contributed by atoms with van der Waals surface area (Å²) < 4.78 is 1.85. The third-order valence-electron chi connectivity index (χ3n) is 4.37. The standard InChI is InChI=1S/C21H23N3O/c1-14(2)17-10-12-18(13-11-17)21(25)22-20-15(3)23-24(16(20)4)19-8-6-5-7-9-19/h5-14H,1-4H3,(H,22,25). The Morgan fingerprint density at radius 3 is 2.24 bits per heavy atom. The summed E-state index contributed by atoms with van der Waals surface area (Å²) in [5.41, 5.74) is 5.33. The molecule has 0 spiro atoms. The van der Waals surface area contributed by atoms with Crippen LogP contribution in [-0.2, 0) is 0 Å². The Bertz CT molecular complexity index is 878. The number of hydrogen-bond donors (Lipinski definition) is 1. The van der Waals surface area contributed by atoms with E-state index in [2.05, 4.69) is 24.3 Å². The van der Waals surface area contributed by atoms with Crippen LogP contribution < -0.4 is 5.32 Å². The molecule has 1 N–H and O–H groups in total. The fourth-order valence-corrected chi connectivity index (χ4v) is 2.85. The van der Waals surface area contributed by atoms with Gasteiger partial charge >= 0.3 is 0 Å². The number of rotatable bonds is 4. The number of aryl methyl sites for hydroxylation is 1. The summed E-state index contributed by atoms with van der Waals surface area (Å²) in [7, 11) is 0. The van der Waals surface area contributed by atoms with Crippen LogP contribution in [0.2, 0.25) is 0 Å². The lowest BCUT2D eigenvalue weighted by Gasteiger charge is -2.09. The van der Waals surface area contributed by atoms with Gasteiger partial charge in [-0.05, 0) is 49.6 Å². The summed E-state index contributed by atoms with van der Waals surface area (Å²) in [5, 5.41) is 7.58. The largest absolute Gasteiger partial charge is 0.319 e. The molecule has 128 valence electrons. The lowest BCUT2D eigenvalue weighted by molar-refractivity contribution is 0.102. The minimum atomic E-state index is -0.117. The number of amides is 1. The molecule has 0 saturated heterocycles. The smallest absolute Gasteiger partial charge is 0.255 e. The second kappa shape index (κ2) is 6.93. The number of carbonyl (C=O) groups excluding carboxylic acids is 1. The van der Waals surface area contributed by atoms with Gasteiger partial charge in [0.25, 0.3) is 5.91 Å². The van der Waals surface area contributed by atoms with Crippen molar-refractivity contribution in [2.45, 2.75) is 33.6 Å². The minimum absolute atomic E-state index is 0.117. The van der Waals surface area contributed by atoms with Crippen molar-refractivity contribution in [1.29, 1.82) is 0 Å². The van der Waals surface area contributed by atoms with Crippen LogP contribution in [0.4, 0.5) is 5.69 Å². The fourth-order valence-electron chi connectivity index (χ4n) is 2.85. The summed E-state index contributed by atoms with van der Waals surface area (Å²) >= 11 is 0. The molecule has 2 aromatic carbocycles. The van der Waals surface area contributed by atoms with E-state index in [1.54, 1.807) is 0 Å². The van der Waals surface area contributed by atoms with E-state index in [1.807, 2.05) is 73.1 Å². The third-order valence-corrected chi connectivity index (χ3v) is 4.37. The van der Waals surface area contributed by atoms with Crippen molar-refractivity contribution in [2.75, 3.05) is 5.32 Å². The van der Waals surface area contributed by atoms with Crippen LogP contribution in [0.3, 0.4) is 0 Å². The topological polar surface area (TPSA) is 46.9 Å². The zero-order valence-electron chi connectivity index (χ0n) is 15.1. The monoisotopic (exact) mass is 333 g/mol. The van der Waals surface area contributed by atoms with Gasteiger partial charge in [0.15, 0.2) is 0 Å². The van der Waals surface area contributed by atoms with Gasteiger partial charge in [-0.3, -0.25) is 4.79 Å². The maximum atomic E-state index is 12.6. The van der Waals surface area contributed by atoms with Crippen LogP contribution in [0.1, 0.15) is 47.1 Å². The van der Waals surface area contributed by atoms with Crippen molar-refractivity contribution in [3.8, 4) is 5.69 Å². The Morgan fingerprint density at radius 2 is 1.64 bits per heavy atom. The van der Waals surface area contributed by atoms with Crippen LogP contribution in [0.15, 0.2) is 54.6 Å². The predicted octanol–water partition coefficient (Wildman–Crippen LogP) is 4.86. The average Bonchev–Trinajstić information content (AvgIpc) is 2.90. The summed E-state index contributed by atoms with van der Waals surface area (Å²) in [6, 6.07) is 17.7. The van der Waals surface area contributed by atoms with Gasteiger partial charge < -0.3 is 5.32 Å². The Labute approximate surface area is 148 Å². The van der Waals surface area contributed by atoms with Crippen LogP contribution in [-0.4, -0.2) is 15.7 Å². The third kappa shape index (κ3) is 3.48. The van der Waals surface area contributed by atoms with E-state index < -0.39 is 0 Å². The van der Waals surface area contributed by atoms with Gasteiger partial charge in [0.2, 0.25) is 0 Å². The first-order valence-electron chi connectivity index (χ1n) is 8.50. The van der Waals surface area contributed by atoms with Gasteiger partial charge in [0, 0.05) is 5.56 Å². The summed E-state index contributed by atoms with van der Waals surface area (Å²) in [5.74, 6) is 0.333. The zero-order chi connectivity index (χ0) is 18.0. The zero-order valence-corrected chi connectivity index (χ0v) is 15.1. The molecule has 0 fully saturated rings. The van der Waals surface area contributed by atoms with E-state index in [1.165, 1.54) is 5.56 Å². The molecule has 1 heterocycles. The molecule has 0 bridgehead atoms. The number of para-hydroxylation sites is 1. The molecule has 0 atom stereocenters. The molecule has 3 aromatic rings. The number of nitrogens with zero attached hydrogens (tertiary/aromatic N) is 2. The van der Waals surface area contributed by atoms with Crippen LogP contribution in [0.25, 0.3) is 5.69 Å². The molecule has 0 unspecified atom stereocenters. The van der Waals surface area contributed by atoms with E-state index in [4.69, 9.17) is 0 Å². The first-order valence-corrected chi connectivity index (χ1v) is 8.50. The van der Waals surface area contributed by atoms with Gasteiger partial charge in [0.1, 0.15) is 0 Å². The van der Waals surface area contributed by atoms with E-state index in [0.717, 1.165) is 22.8 Å². The van der Waals surface area contributed by atoms with Crippen molar-refractivity contribution < 1.29 is 4.79 Å². The highest BCUT2D eigenvalue weighted by molar-refractivity contribution is 6.04. The van der Waals surface area contributed by atoms with E-state index >= 15 is 0 Å². The van der Waals surface area contributed by atoms with Crippen molar-refractivity contribution in [3.63, 3.8) is 0 Å². The number of hydrogen-bond acceptors (Lipinski definition) is 2. The van der Waals surface area contributed by atoms with Gasteiger partial charge in [-0.25, -0.2) is 4.68 Å². The Hall–Kier alpha value is -2.88. The van der Waals surface area contributed by atoms with Crippen molar-refractivity contribution in [3.05, 3.63) is 77.1 Å². The van der Waals surface area contributed by atoms with Gasteiger partial charge in [-0.2, -0.15) is 5.10 Å². The van der Waals surface area contributed by atoms with Gasteiger partial charge in [-0.15, -0.1) is 0 Å². The molecule has 0 aliphatic heterocycles. The first-order chi connectivity index (χ1) is 12.0. The van der Waals surface area contributed by atoms with Crippen molar-refractivity contribution >= 4 is 11.6 Å². The summed E-state index contributed by atoms with van der Waals surface area (Å²) in [6.07, 6.45) is 0. The first kappa shape index (κ1) is 17.0. The molecule has 4 nitrogen and oxygen atoms in total. The summed E-state index contributed by atoms with van der Waals surface area (Å²) in [6.45, 7) is 8.15. The average molecular weight is 333 g/mol. The van der Waals surface area contributed by atoms with E-state index in [-0.39, 0.29) is 5.91 Å². The second-order valence-electron chi connectivity index (χ2n) is 6.52. The quantitative estimate of drug-likeness (QED) is 0.741. The van der Waals surface area contributed by atoms with Crippen molar-refractivity contribution in [1.82, 2.24) is 9.78 Å². The molecule has 4 heteroatoms. The van der Waals surface area contributed by atoms with Gasteiger partial charge in [-0.1, -0.05) is 44.2 Å². The highest BCUT2D eigenvalue weighted by Gasteiger charge is 2.16. The molecule has 3 rings (SSSR count). The number of nitrogens with one attached hydrogen (secondary N) is 1. The van der Waals surface area contributed by atoms with Crippen LogP contribution >= 0.6 is 0 Å². The molecular formula is C21H23N3O. The molecule has 1 aromatic heterocycles. The highest BCUT2D eigenvalue weighted by Crippen LogP contribution is 2.23. The maximum absolute atomic E-state index is 12.6. The SMILES string of the molecule is Cc1nn(-c2ccccc2)c(C)c1NC(=O)c1ccc(C(C)C)cc1. The fraction of sp³-hybridized carbons (Fsp3) is 0.238. The molecule has 25 heavy (non-hydrogen) atoms. The van der Waals surface area contributed by atoms with Crippen LogP contribution in [0.5, 0.6) is 0 Å². The normalized spacial score (nSPS) is 10.9. The Morgan fingerprint density at radius 1 is 1.00 bits per heavy atom. The van der Waals surface area contributed by atoms with E-state index in [9.17, 15) is 4.79 Å². The number of carbonyl (C=O) groups is 1. The lowest BCUT2D eigenvalue weighted by atomic mass is 10.0. The lowest BCUT2D eigenvalue weighted by Crippen LogP contribution is -2.13. The van der Waals surface area contributed by atoms with Crippen LogP contribution in [0, 0.1) is 13.8 Å². The maximum Gasteiger partial charge on any atom is 0.255 e. The number of benzene rings is 2. The molecule has 0 saturated carbocycles. The molecule has 0 radical (unpaired) electrons. The molecule has 1 amide bonds.